The van der Waals surface area contributed by atoms with Crippen LogP contribution in [0.15, 0.2) is 47.3 Å². The molecule has 4 heterocycles. The van der Waals surface area contributed by atoms with E-state index in [1.54, 1.807) is 0 Å². The van der Waals surface area contributed by atoms with Crippen LogP contribution in [-0.4, -0.2) is 53.5 Å². The van der Waals surface area contributed by atoms with Crippen LogP contribution in [0, 0.1) is 0 Å². The number of ether oxygens (including phenoxy) is 3. The summed E-state index contributed by atoms with van der Waals surface area (Å²) in [7, 11) is 1.95. The predicted molar refractivity (Wildman–Crippen MR) is 152 cm³/mol. The molecule has 0 aliphatic carbocycles. The van der Waals surface area contributed by atoms with E-state index in [4.69, 9.17) is 14.2 Å². The normalized spacial score (nSPS) is 22.3. The minimum atomic E-state index is -0.813. The van der Waals surface area contributed by atoms with Crippen molar-refractivity contribution in [2.75, 3.05) is 31.5 Å². The van der Waals surface area contributed by atoms with Gasteiger partial charge >= 0.3 is 6.16 Å². The lowest BCUT2D eigenvalue weighted by molar-refractivity contribution is -0.0493. The number of benzene rings is 3. The number of carbonyl (C=O) groups excluding carboxylic acids is 1. The number of carbonyl (C=O) groups is 1. The molecule has 2 saturated heterocycles. The van der Waals surface area contributed by atoms with E-state index in [0.29, 0.717) is 34.1 Å². The second-order valence-corrected chi connectivity index (χ2v) is 11.5. The highest BCUT2D eigenvalue weighted by atomic mass is 16.8. The molecule has 2 fully saturated rings. The number of fused-ring (bicyclic) bond motifs is 7. The standard InChI is InChI=1S/C31H33N3O5/c1-31(2)29-28(37-30(36)38-29)24-25-21(17-22(27(24)39-31)32-11-14-34-12-7-4-8-13-34)26(35)20-15-18-9-5-6-10-19(18)16-23(20)33(25)3/h5-6,9-10,15-17,28-29,32H,4,7-8,11-14H2,1-3H3/t28-,29-/m1/s1. The number of nitrogens with zero attached hydrogens (tertiary/aromatic N) is 2. The van der Waals surface area contributed by atoms with E-state index in [0.717, 1.165) is 41.6 Å². The van der Waals surface area contributed by atoms with E-state index >= 15 is 0 Å². The Morgan fingerprint density at radius 1 is 0.974 bits per heavy atom. The highest BCUT2D eigenvalue weighted by Crippen LogP contribution is 2.52. The molecule has 7 rings (SSSR count). The zero-order chi connectivity index (χ0) is 26.9. The average molecular weight is 528 g/mol. The van der Waals surface area contributed by atoms with Crippen LogP contribution >= 0.6 is 0 Å². The molecule has 0 radical (unpaired) electrons. The molecule has 202 valence electrons. The van der Waals surface area contributed by atoms with Crippen molar-refractivity contribution in [3.8, 4) is 5.75 Å². The van der Waals surface area contributed by atoms with Crippen LogP contribution in [0.1, 0.15) is 44.8 Å². The molecule has 3 aliphatic heterocycles. The summed E-state index contributed by atoms with van der Waals surface area (Å²) in [6, 6.07) is 14.0. The van der Waals surface area contributed by atoms with Crippen LogP contribution in [0.25, 0.3) is 32.6 Å². The first-order valence-electron chi connectivity index (χ1n) is 13.9. The van der Waals surface area contributed by atoms with Gasteiger partial charge in [-0.05, 0) is 68.8 Å². The number of pyridine rings is 1. The van der Waals surface area contributed by atoms with Crippen molar-refractivity contribution in [1.82, 2.24) is 9.47 Å². The van der Waals surface area contributed by atoms with E-state index < -0.39 is 24.0 Å². The fraction of sp³-hybridized carbons (Fsp3) is 0.419. The summed E-state index contributed by atoms with van der Waals surface area (Å²) in [5, 5.41) is 6.85. The van der Waals surface area contributed by atoms with Crippen LogP contribution < -0.4 is 15.5 Å². The number of anilines is 1. The highest BCUT2D eigenvalue weighted by Gasteiger charge is 2.54. The van der Waals surface area contributed by atoms with Gasteiger partial charge in [-0.25, -0.2) is 4.79 Å². The van der Waals surface area contributed by atoms with Crippen molar-refractivity contribution in [2.45, 2.75) is 50.9 Å². The summed E-state index contributed by atoms with van der Waals surface area (Å²) >= 11 is 0. The molecule has 0 bridgehead atoms. The lowest BCUT2D eigenvalue weighted by atomic mass is 9.86. The first kappa shape index (κ1) is 24.3. The number of aryl methyl sites for hydroxylation is 1. The van der Waals surface area contributed by atoms with Crippen molar-refractivity contribution in [2.24, 2.45) is 7.05 Å². The monoisotopic (exact) mass is 527 g/mol. The molecule has 0 saturated carbocycles. The topological polar surface area (TPSA) is 82.0 Å². The second kappa shape index (κ2) is 8.88. The van der Waals surface area contributed by atoms with Gasteiger partial charge in [-0.1, -0.05) is 30.7 Å². The third-order valence-corrected chi connectivity index (χ3v) is 8.59. The lowest BCUT2D eigenvalue weighted by Gasteiger charge is -2.40. The molecule has 4 aromatic rings. The Morgan fingerprint density at radius 2 is 1.72 bits per heavy atom. The number of rotatable bonds is 4. The maximum atomic E-state index is 14.1. The lowest BCUT2D eigenvalue weighted by Crippen LogP contribution is -2.48. The molecule has 0 amide bonds. The molecule has 1 aromatic heterocycles. The predicted octanol–water partition coefficient (Wildman–Crippen LogP) is 5.49. The summed E-state index contributed by atoms with van der Waals surface area (Å²) in [6.07, 6.45) is 1.71. The molecule has 0 spiro atoms. The molecule has 3 aromatic carbocycles. The molecular formula is C31H33N3O5. The van der Waals surface area contributed by atoms with E-state index in [1.165, 1.54) is 19.3 Å². The van der Waals surface area contributed by atoms with Gasteiger partial charge in [0.2, 0.25) is 0 Å². The number of piperidine rings is 1. The van der Waals surface area contributed by atoms with Gasteiger partial charge in [0.25, 0.3) is 0 Å². The number of hydrogen-bond donors (Lipinski definition) is 1. The van der Waals surface area contributed by atoms with E-state index in [2.05, 4.69) is 10.2 Å². The zero-order valence-corrected chi connectivity index (χ0v) is 22.6. The van der Waals surface area contributed by atoms with Crippen LogP contribution in [0.4, 0.5) is 10.5 Å². The Hall–Kier alpha value is -3.78. The Labute approximate surface area is 226 Å². The van der Waals surface area contributed by atoms with E-state index in [-0.39, 0.29) is 5.43 Å². The third-order valence-electron chi connectivity index (χ3n) is 8.59. The van der Waals surface area contributed by atoms with Crippen molar-refractivity contribution in [1.29, 1.82) is 0 Å². The third kappa shape index (κ3) is 3.84. The first-order chi connectivity index (χ1) is 18.8. The van der Waals surface area contributed by atoms with Gasteiger partial charge in [-0.15, -0.1) is 0 Å². The Bertz CT molecular complexity index is 1700. The maximum Gasteiger partial charge on any atom is 0.509 e. The van der Waals surface area contributed by atoms with Crippen LogP contribution in [-0.2, 0) is 16.5 Å². The number of aromatic nitrogens is 1. The zero-order valence-electron chi connectivity index (χ0n) is 22.6. The van der Waals surface area contributed by atoms with E-state index in [9.17, 15) is 9.59 Å². The smallest absolute Gasteiger partial charge is 0.481 e. The van der Waals surface area contributed by atoms with Gasteiger partial charge in [0.1, 0.15) is 5.60 Å². The van der Waals surface area contributed by atoms with Gasteiger partial charge in [0.15, 0.2) is 23.4 Å². The van der Waals surface area contributed by atoms with Crippen molar-refractivity contribution in [3.63, 3.8) is 0 Å². The SMILES string of the molecule is Cn1c2cc3ccccc3cc2c(=O)c2cc(NCCN3CCCCC3)c3c(c21)[C@H]1OC(=O)O[C@H]1C(C)(C)O3. The van der Waals surface area contributed by atoms with Crippen molar-refractivity contribution < 1.29 is 19.0 Å². The molecule has 0 unspecified atom stereocenters. The highest BCUT2D eigenvalue weighted by molar-refractivity contribution is 6.04. The molecule has 8 nitrogen and oxygen atoms in total. The number of hydrogen-bond acceptors (Lipinski definition) is 7. The van der Waals surface area contributed by atoms with E-state index in [1.807, 2.05) is 67.9 Å². The minimum Gasteiger partial charge on any atom is -0.481 e. The van der Waals surface area contributed by atoms with Crippen LogP contribution in [0.2, 0.25) is 0 Å². The molecular weight excluding hydrogens is 494 g/mol. The van der Waals surface area contributed by atoms with Gasteiger partial charge < -0.3 is 29.0 Å². The molecule has 2 atom stereocenters. The maximum absolute atomic E-state index is 14.1. The van der Waals surface area contributed by atoms with Gasteiger partial charge in [-0.2, -0.15) is 0 Å². The largest absolute Gasteiger partial charge is 0.509 e. The summed E-state index contributed by atoms with van der Waals surface area (Å²) < 4.78 is 20.0. The van der Waals surface area contributed by atoms with Gasteiger partial charge in [0.05, 0.1) is 22.3 Å². The average Bonchev–Trinajstić information content (AvgIpc) is 3.34. The van der Waals surface area contributed by atoms with Crippen LogP contribution in [0.5, 0.6) is 5.75 Å². The van der Waals surface area contributed by atoms with Crippen molar-refractivity contribution in [3.05, 3.63) is 58.3 Å². The molecule has 8 heteroatoms. The van der Waals surface area contributed by atoms with Crippen LogP contribution in [0.3, 0.4) is 0 Å². The van der Waals surface area contributed by atoms with Gasteiger partial charge in [0, 0.05) is 30.9 Å². The molecule has 3 aliphatic rings. The Kier molecular flexibility index (Phi) is 5.53. The fourth-order valence-corrected chi connectivity index (χ4v) is 6.60. The summed E-state index contributed by atoms with van der Waals surface area (Å²) in [4.78, 5) is 29.0. The summed E-state index contributed by atoms with van der Waals surface area (Å²) in [5.41, 5.74) is 2.05. The Balaban J connectivity index is 1.45. The number of nitrogens with one attached hydrogen (secondary N) is 1. The molecule has 1 N–H and O–H groups in total. The minimum absolute atomic E-state index is 0.0580. The van der Waals surface area contributed by atoms with Gasteiger partial charge in [-0.3, -0.25) is 4.79 Å². The van der Waals surface area contributed by atoms with Crippen molar-refractivity contribution >= 4 is 44.4 Å². The summed E-state index contributed by atoms with van der Waals surface area (Å²) in [6.45, 7) is 7.65. The number of likely N-dealkylation sites (tertiary alicyclic amines) is 1. The molecule has 39 heavy (non-hydrogen) atoms. The Morgan fingerprint density at radius 3 is 2.49 bits per heavy atom. The first-order valence-corrected chi connectivity index (χ1v) is 13.9. The fourth-order valence-electron chi connectivity index (χ4n) is 6.60. The summed E-state index contributed by atoms with van der Waals surface area (Å²) in [5.74, 6) is 0.612. The second-order valence-electron chi connectivity index (χ2n) is 11.5. The quantitative estimate of drug-likeness (QED) is 0.278.